The molecule has 2 amide bonds. The number of aryl methyl sites for hydroxylation is 2. The summed E-state index contributed by atoms with van der Waals surface area (Å²) in [5.74, 6) is 2.25. The Kier molecular flexibility index (Phi) is 5.78. The summed E-state index contributed by atoms with van der Waals surface area (Å²) in [7, 11) is 0. The summed E-state index contributed by atoms with van der Waals surface area (Å²) in [5.41, 5.74) is 0.612. The van der Waals surface area contributed by atoms with Gasteiger partial charge < -0.3 is 20.0 Å². The first kappa shape index (κ1) is 18.0. The summed E-state index contributed by atoms with van der Waals surface area (Å²) in [5, 5.41) is 6.43. The van der Waals surface area contributed by atoms with Crippen molar-refractivity contribution in [1.82, 2.24) is 15.5 Å². The lowest BCUT2D eigenvalue weighted by atomic mass is 10.0. The van der Waals surface area contributed by atoms with Crippen LogP contribution in [0.2, 0.25) is 0 Å². The van der Waals surface area contributed by atoms with Crippen molar-refractivity contribution in [2.24, 2.45) is 5.92 Å². The van der Waals surface area contributed by atoms with E-state index in [4.69, 9.17) is 4.42 Å². The highest BCUT2D eigenvalue weighted by atomic mass is 16.3. The van der Waals surface area contributed by atoms with Gasteiger partial charge in [0.2, 0.25) is 5.91 Å². The molecule has 6 heteroatoms. The highest BCUT2D eigenvalue weighted by molar-refractivity contribution is 5.95. The third-order valence-corrected chi connectivity index (χ3v) is 5.40. The summed E-state index contributed by atoms with van der Waals surface area (Å²) in [4.78, 5) is 26.7. The Hall–Kier alpha value is -1.82. The van der Waals surface area contributed by atoms with E-state index in [2.05, 4.69) is 10.6 Å². The smallest absolute Gasteiger partial charge is 0.255 e. The molecule has 0 aromatic carbocycles. The maximum absolute atomic E-state index is 12.4. The molecule has 0 radical (unpaired) electrons. The largest absolute Gasteiger partial charge is 0.466 e. The Bertz CT molecular complexity index is 611. The van der Waals surface area contributed by atoms with Crippen LogP contribution in [0, 0.1) is 19.8 Å². The highest BCUT2D eigenvalue weighted by Crippen LogP contribution is 2.18. The van der Waals surface area contributed by atoms with E-state index in [-0.39, 0.29) is 17.9 Å². The molecule has 2 saturated heterocycles. The van der Waals surface area contributed by atoms with Crippen LogP contribution in [0.25, 0.3) is 0 Å². The molecular formula is C19H29N3O3. The van der Waals surface area contributed by atoms with Gasteiger partial charge in [-0.3, -0.25) is 9.59 Å². The van der Waals surface area contributed by atoms with Gasteiger partial charge in [0.05, 0.1) is 5.56 Å². The average molecular weight is 347 g/mol. The Morgan fingerprint density at radius 1 is 1.28 bits per heavy atom. The number of carbonyl (C=O) groups is 2. The Morgan fingerprint density at radius 2 is 2.04 bits per heavy atom. The molecule has 138 valence electrons. The van der Waals surface area contributed by atoms with E-state index < -0.39 is 0 Å². The summed E-state index contributed by atoms with van der Waals surface area (Å²) < 4.78 is 5.42. The van der Waals surface area contributed by atoms with Crippen molar-refractivity contribution in [3.63, 3.8) is 0 Å². The zero-order valence-corrected chi connectivity index (χ0v) is 15.3. The second kappa shape index (κ2) is 8.04. The van der Waals surface area contributed by atoms with Crippen LogP contribution in [0.4, 0.5) is 0 Å². The maximum atomic E-state index is 12.4. The molecule has 6 nitrogen and oxygen atoms in total. The highest BCUT2D eigenvalue weighted by Gasteiger charge is 2.26. The molecule has 0 saturated carbocycles. The molecule has 1 atom stereocenters. The second-order valence-electron chi connectivity index (χ2n) is 7.35. The zero-order valence-electron chi connectivity index (χ0n) is 15.3. The minimum Gasteiger partial charge on any atom is -0.466 e. The SMILES string of the molecule is Cc1cc(C(=O)NC2CCN(C(=O)CCC3CCNC3)CC2)c(C)o1. The first-order chi connectivity index (χ1) is 12.0. The number of furan rings is 1. The predicted octanol–water partition coefficient (Wildman–Crippen LogP) is 2.01. The molecule has 1 unspecified atom stereocenters. The molecule has 2 N–H and O–H groups in total. The van der Waals surface area contributed by atoms with Gasteiger partial charge in [0.25, 0.3) is 5.91 Å². The number of hydrogen-bond acceptors (Lipinski definition) is 4. The number of amides is 2. The van der Waals surface area contributed by atoms with Crippen LogP contribution in [-0.4, -0.2) is 48.9 Å². The zero-order chi connectivity index (χ0) is 17.8. The molecule has 0 bridgehead atoms. The monoisotopic (exact) mass is 347 g/mol. The van der Waals surface area contributed by atoms with Crippen LogP contribution >= 0.6 is 0 Å². The van der Waals surface area contributed by atoms with E-state index in [1.54, 1.807) is 6.07 Å². The molecule has 3 heterocycles. The lowest BCUT2D eigenvalue weighted by molar-refractivity contribution is -0.132. The van der Waals surface area contributed by atoms with Crippen molar-refractivity contribution in [1.29, 1.82) is 0 Å². The normalized spacial score (nSPS) is 21.5. The van der Waals surface area contributed by atoms with Gasteiger partial charge in [-0.15, -0.1) is 0 Å². The van der Waals surface area contributed by atoms with Gasteiger partial charge in [0, 0.05) is 25.6 Å². The summed E-state index contributed by atoms with van der Waals surface area (Å²) in [6, 6.07) is 1.91. The molecule has 3 rings (SSSR count). The number of nitrogens with one attached hydrogen (secondary N) is 2. The van der Waals surface area contributed by atoms with E-state index in [9.17, 15) is 9.59 Å². The van der Waals surface area contributed by atoms with E-state index >= 15 is 0 Å². The molecule has 1 aromatic rings. The number of carbonyl (C=O) groups excluding carboxylic acids is 2. The summed E-state index contributed by atoms with van der Waals surface area (Å²) in [6.07, 6.45) is 4.46. The standard InChI is InChI=1S/C19H29N3O3/c1-13-11-17(14(2)25-13)19(24)21-16-6-9-22(10-7-16)18(23)4-3-15-5-8-20-12-15/h11,15-16,20H,3-10,12H2,1-2H3,(H,21,24). The van der Waals surface area contributed by atoms with Crippen molar-refractivity contribution >= 4 is 11.8 Å². The number of likely N-dealkylation sites (tertiary alicyclic amines) is 1. The lowest BCUT2D eigenvalue weighted by Gasteiger charge is -2.32. The number of piperidine rings is 1. The Labute approximate surface area is 149 Å². The first-order valence-corrected chi connectivity index (χ1v) is 9.39. The summed E-state index contributed by atoms with van der Waals surface area (Å²) in [6.45, 7) is 7.25. The van der Waals surface area contributed by atoms with Crippen LogP contribution < -0.4 is 10.6 Å². The van der Waals surface area contributed by atoms with E-state index in [1.807, 2.05) is 18.7 Å². The molecule has 2 fully saturated rings. The summed E-state index contributed by atoms with van der Waals surface area (Å²) >= 11 is 0. The van der Waals surface area contributed by atoms with Crippen LogP contribution in [-0.2, 0) is 4.79 Å². The van der Waals surface area contributed by atoms with Gasteiger partial charge in [-0.25, -0.2) is 0 Å². The molecule has 0 spiro atoms. The quantitative estimate of drug-likeness (QED) is 0.854. The minimum atomic E-state index is -0.0761. The molecule has 25 heavy (non-hydrogen) atoms. The maximum Gasteiger partial charge on any atom is 0.255 e. The molecular weight excluding hydrogens is 318 g/mol. The van der Waals surface area contributed by atoms with E-state index in [1.165, 1.54) is 6.42 Å². The topological polar surface area (TPSA) is 74.6 Å². The van der Waals surface area contributed by atoms with Crippen LogP contribution in [0.15, 0.2) is 10.5 Å². The lowest BCUT2D eigenvalue weighted by Crippen LogP contribution is -2.46. The Balaban J connectivity index is 1.41. The van der Waals surface area contributed by atoms with E-state index in [0.29, 0.717) is 23.7 Å². The minimum absolute atomic E-state index is 0.0761. The molecule has 2 aliphatic heterocycles. The van der Waals surface area contributed by atoms with Crippen molar-refractivity contribution < 1.29 is 14.0 Å². The van der Waals surface area contributed by atoms with E-state index in [0.717, 1.165) is 51.2 Å². The molecule has 0 aliphatic carbocycles. The fourth-order valence-electron chi connectivity index (χ4n) is 3.84. The van der Waals surface area contributed by atoms with Crippen molar-refractivity contribution in [2.45, 2.75) is 52.0 Å². The van der Waals surface area contributed by atoms with Gasteiger partial charge in [-0.2, -0.15) is 0 Å². The number of hydrogen-bond donors (Lipinski definition) is 2. The Morgan fingerprint density at radius 3 is 2.64 bits per heavy atom. The third kappa shape index (κ3) is 4.63. The average Bonchev–Trinajstić information content (AvgIpc) is 3.22. The predicted molar refractivity (Wildman–Crippen MR) is 95.5 cm³/mol. The van der Waals surface area contributed by atoms with Crippen LogP contribution in [0.5, 0.6) is 0 Å². The molecule has 1 aromatic heterocycles. The second-order valence-corrected chi connectivity index (χ2v) is 7.35. The van der Waals surface area contributed by atoms with Crippen molar-refractivity contribution in [3.8, 4) is 0 Å². The van der Waals surface area contributed by atoms with Crippen LogP contribution in [0.3, 0.4) is 0 Å². The third-order valence-electron chi connectivity index (χ3n) is 5.40. The first-order valence-electron chi connectivity index (χ1n) is 9.39. The van der Waals surface area contributed by atoms with Gasteiger partial charge >= 0.3 is 0 Å². The number of nitrogens with zero attached hydrogens (tertiary/aromatic N) is 1. The molecule has 2 aliphatic rings. The van der Waals surface area contributed by atoms with Gasteiger partial charge in [0.1, 0.15) is 11.5 Å². The van der Waals surface area contributed by atoms with Gasteiger partial charge in [-0.05, 0) is 64.6 Å². The fourth-order valence-corrected chi connectivity index (χ4v) is 3.84. The van der Waals surface area contributed by atoms with Crippen molar-refractivity contribution in [2.75, 3.05) is 26.2 Å². The van der Waals surface area contributed by atoms with Crippen LogP contribution in [0.1, 0.15) is 54.0 Å². The van der Waals surface area contributed by atoms with Gasteiger partial charge in [-0.1, -0.05) is 0 Å². The fraction of sp³-hybridized carbons (Fsp3) is 0.684. The van der Waals surface area contributed by atoms with Crippen molar-refractivity contribution in [3.05, 3.63) is 23.2 Å². The van der Waals surface area contributed by atoms with Gasteiger partial charge in [0.15, 0.2) is 0 Å². The number of rotatable bonds is 5.